The van der Waals surface area contributed by atoms with Crippen LogP contribution in [0.5, 0.6) is 0 Å². The van der Waals surface area contributed by atoms with Crippen LogP contribution >= 0.6 is 0 Å². The predicted octanol–water partition coefficient (Wildman–Crippen LogP) is 3.12. The molecule has 0 bridgehead atoms. The number of fused-ring (bicyclic) bond motifs is 3. The summed E-state index contributed by atoms with van der Waals surface area (Å²) in [5.41, 5.74) is 4.51. The van der Waals surface area contributed by atoms with E-state index in [4.69, 9.17) is 0 Å². The van der Waals surface area contributed by atoms with Crippen molar-refractivity contribution in [2.24, 2.45) is 0 Å². The topological polar surface area (TPSA) is 6.48 Å². The van der Waals surface area contributed by atoms with E-state index in [-0.39, 0.29) is 0 Å². The molecule has 0 aliphatic carbocycles. The third kappa shape index (κ3) is 2.29. The van der Waals surface area contributed by atoms with Gasteiger partial charge in [-0.3, -0.25) is 4.90 Å². The summed E-state index contributed by atoms with van der Waals surface area (Å²) in [5.74, 6) is 0.516. The molecule has 0 aromatic heterocycles. The van der Waals surface area contributed by atoms with E-state index in [0.717, 1.165) is 13.1 Å². The first-order chi connectivity index (χ1) is 10.3. The van der Waals surface area contributed by atoms with Crippen molar-refractivity contribution >= 4 is 0 Å². The van der Waals surface area contributed by atoms with E-state index in [2.05, 4.69) is 71.4 Å². The van der Waals surface area contributed by atoms with Crippen LogP contribution in [0.3, 0.4) is 0 Å². The van der Waals surface area contributed by atoms with Gasteiger partial charge >= 0.3 is 0 Å². The van der Waals surface area contributed by atoms with Crippen molar-refractivity contribution in [1.82, 2.24) is 9.80 Å². The molecule has 2 aliphatic rings. The molecule has 0 spiro atoms. The Hall–Kier alpha value is -1.64. The maximum absolute atomic E-state index is 2.68. The summed E-state index contributed by atoms with van der Waals surface area (Å²) in [7, 11) is 2.24. The third-order valence-corrected chi connectivity index (χ3v) is 5.04. The molecule has 2 heteroatoms. The second kappa shape index (κ2) is 5.28. The average molecular weight is 278 g/mol. The van der Waals surface area contributed by atoms with Crippen molar-refractivity contribution in [1.29, 1.82) is 0 Å². The highest BCUT2D eigenvalue weighted by Crippen LogP contribution is 2.40. The summed E-state index contributed by atoms with van der Waals surface area (Å²) in [5, 5.41) is 0. The lowest BCUT2D eigenvalue weighted by Gasteiger charge is -2.46. The fraction of sp³-hybridized carbons (Fsp3) is 0.368. The Kier molecular flexibility index (Phi) is 3.28. The molecule has 1 saturated heterocycles. The molecule has 0 N–H and O–H groups in total. The van der Waals surface area contributed by atoms with E-state index in [1.54, 1.807) is 0 Å². The van der Waals surface area contributed by atoms with Crippen molar-refractivity contribution in [2.45, 2.75) is 12.0 Å². The Morgan fingerprint density at radius 3 is 2.33 bits per heavy atom. The first-order valence-electron chi connectivity index (χ1n) is 7.89. The quantitative estimate of drug-likeness (QED) is 0.791. The molecule has 1 fully saturated rings. The Bertz CT molecular complexity index is 622. The summed E-state index contributed by atoms with van der Waals surface area (Å²) >= 11 is 0. The molecule has 2 heterocycles. The van der Waals surface area contributed by atoms with E-state index in [1.165, 1.54) is 29.8 Å². The first-order valence-corrected chi connectivity index (χ1v) is 7.89. The van der Waals surface area contributed by atoms with Gasteiger partial charge in [0, 0.05) is 38.1 Å². The minimum Gasteiger partial charge on any atom is -0.303 e. The van der Waals surface area contributed by atoms with Gasteiger partial charge in [-0.25, -0.2) is 0 Å². The molecule has 108 valence electrons. The van der Waals surface area contributed by atoms with Gasteiger partial charge in [-0.1, -0.05) is 54.6 Å². The molecular formula is C19H22N2. The molecule has 2 aromatic carbocycles. The SMILES string of the molecule is CN1CCN2C[C@@H](c3ccccc3)c3ccccc3[C@@H]2C1. The fourth-order valence-corrected chi connectivity index (χ4v) is 3.91. The normalized spacial score (nSPS) is 26.1. The van der Waals surface area contributed by atoms with Gasteiger partial charge in [0.2, 0.25) is 0 Å². The van der Waals surface area contributed by atoms with Crippen LogP contribution < -0.4 is 0 Å². The molecular weight excluding hydrogens is 256 g/mol. The monoisotopic (exact) mass is 278 g/mol. The highest BCUT2D eigenvalue weighted by molar-refractivity contribution is 5.42. The van der Waals surface area contributed by atoms with Gasteiger partial charge in [0.25, 0.3) is 0 Å². The van der Waals surface area contributed by atoms with E-state index < -0.39 is 0 Å². The molecule has 0 unspecified atom stereocenters. The second-order valence-corrected chi connectivity index (χ2v) is 6.37. The summed E-state index contributed by atoms with van der Waals surface area (Å²) in [6.07, 6.45) is 0. The largest absolute Gasteiger partial charge is 0.303 e. The number of piperazine rings is 1. The van der Waals surface area contributed by atoms with Crippen LogP contribution in [0.15, 0.2) is 54.6 Å². The van der Waals surface area contributed by atoms with Gasteiger partial charge in [0.15, 0.2) is 0 Å². The zero-order valence-corrected chi connectivity index (χ0v) is 12.6. The van der Waals surface area contributed by atoms with Crippen LogP contribution in [0, 0.1) is 0 Å². The molecule has 0 radical (unpaired) electrons. The minimum atomic E-state index is 0.516. The standard InChI is InChI=1S/C19H22N2/c1-20-11-12-21-13-18(15-7-3-2-4-8-15)16-9-5-6-10-17(16)19(21)14-20/h2-10,18-19H,11-14H2,1H3/t18-,19-/m0/s1. The molecule has 0 amide bonds. The summed E-state index contributed by atoms with van der Waals surface area (Å²) in [4.78, 5) is 5.14. The van der Waals surface area contributed by atoms with Crippen LogP contribution in [0.1, 0.15) is 28.7 Å². The lowest BCUT2D eigenvalue weighted by Crippen LogP contribution is -2.50. The van der Waals surface area contributed by atoms with Crippen LogP contribution in [-0.4, -0.2) is 43.0 Å². The molecule has 4 rings (SSSR count). The maximum atomic E-state index is 2.68. The molecule has 2 aliphatic heterocycles. The number of hydrogen-bond acceptors (Lipinski definition) is 2. The number of likely N-dealkylation sites (N-methyl/N-ethyl adjacent to an activating group) is 1. The summed E-state index contributed by atoms with van der Waals surface area (Å²) < 4.78 is 0. The molecule has 21 heavy (non-hydrogen) atoms. The van der Waals surface area contributed by atoms with Crippen molar-refractivity contribution in [2.75, 3.05) is 33.2 Å². The van der Waals surface area contributed by atoms with Crippen LogP contribution in [0.4, 0.5) is 0 Å². The smallest absolute Gasteiger partial charge is 0.0478 e. The van der Waals surface area contributed by atoms with E-state index >= 15 is 0 Å². The van der Waals surface area contributed by atoms with Crippen LogP contribution in [-0.2, 0) is 0 Å². The summed E-state index contributed by atoms with van der Waals surface area (Å²) in [6.45, 7) is 4.66. The lowest BCUT2D eigenvalue weighted by atomic mass is 9.80. The van der Waals surface area contributed by atoms with Crippen LogP contribution in [0.2, 0.25) is 0 Å². The number of benzene rings is 2. The Morgan fingerprint density at radius 1 is 0.810 bits per heavy atom. The number of nitrogens with zero attached hydrogens (tertiary/aromatic N) is 2. The molecule has 2 atom stereocenters. The number of rotatable bonds is 1. The van der Waals surface area contributed by atoms with Gasteiger partial charge in [-0.2, -0.15) is 0 Å². The average Bonchev–Trinajstić information content (AvgIpc) is 2.55. The Morgan fingerprint density at radius 2 is 1.52 bits per heavy atom. The van der Waals surface area contributed by atoms with Gasteiger partial charge in [-0.15, -0.1) is 0 Å². The first kappa shape index (κ1) is 13.1. The Labute approximate surface area is 127 Å². The highest BCUT2D eigenvalue weighted by Gasteiger charge is 2.35. The molecule has 0 saturated carbocycles. The maximum Gasteiger partial charge on any atom is 0.0478 e. The van der Waals surface area contributed by atoms with Crippen molar-refractivity contribution in [3.8, 4) is 0 Å². The highest BCUT2D eigenvalue weighted by atomic mass is 15.3. The van der Waals surface area contributed by atoms with Gasteiger partial charge < -0.3 is 4.90 Å². The molecule has 2 aromatic rings. The predicted molar refractivity (Wildman–Crippen MR) is 86.5 cm³/mol. The van der Waals surface area contributed by atoms with Crippen molar-refractivity contribution < 1.29 is 0 Å². The van der Waals surface area contributed by atoms with Crippen molar-refractivity contribution in [3.63, 3.8) is 0 Å². The van der Waals surface area contributed by atoms with Crippen LogP contribution in [0.25, 0.3) is 0 Å². The molecule has 2 nitrogen and oxygen atoms in total. The Balaban J connectivity index is 1.79. The van der Waals surface area contributed by atoms with E-state index in [1.807, 2.05) is 0 Å². The third-order valence-electron chi connectivity index (χ3n) is 5.04. The van der Waals surface area contributed by atoms with Gasteiger partial charge in [0.05, 0.1) is 0 Å². The zero-order chi connectivity index (χ0) is 14.2. The second-order valence-electron chi connectivity index (χ2n) is 6.37. The summed E-state index contributed by atoms with van der Waals surface area (Å²) in [6, 6.07) is 20.6. The zero-order valence-electron chi connectivity index (χ0n) is 12.6. The van der Waals surface area contributed by atoms with E-state index in [9.17, 15) is 0 Å². The lowest BCUT2D eigenvalue weighted by molar-refractivity contribution is 0.0772. The van der Waals surface area contributed by atoms with Gasteiger partial charge in [0.1, 0.15) is 0 Å². The van der Waals surface area contributed by atoms with Crippen molar-refractivity contribution in [3.05, 3.63) is 71.3 Å². The van der Waals surface area contributed by atoms with Gasteiger partial charge in [-0.05, 0) is 23.7 Å². The minimum absolute atomic E-state index is 0.516. The van der Waals surface area contributed by atoms with E-state index in [0.29, 0.717) is 12.0 Å². The number of hydrogen-bond donors (Lipinski definition) is 0. The fourth-order valence-electron chi connectivity index (χ4n) is 3.91.